The molecule has 0 radical (unpaired) electrons. The van der Waals surface area contributed by atoms with Crippen LogP contribution in [0.3, 0.4) is 0 Å². The van der Waals surface area contributed by atoms with Crippen LogP contribution in [0.5, 0.6) is 5.75 Å². The summed E-state index contributed by atoms with van der Waals surface area (Å²) in [5, 5.41) is 10.2. The number of carbonyl (C=O) groups is 3. The van der Waals surface area contributed by atoms with Crippen LogP contribution in [0.25, 0.3) is 0 Å². The number of carbonyl (C=O) groups excluding carboxylic acids is 3. The van der Waals surface area contributed by atoms with Crippen LogP contribution in [0.4, 0.5) is 0 Å². The molecule has 1 heterocycles. The Balaban J connectivity index is 1.64. The highest BCUT2D eigenvalue weighted by Gasteiger charge is 2.37. The van der Waals surface area contributed by atoms with Gasteiger partial charge in [0.15, 0.2) is 0 Å². The van der Waals surface area contributed by atoms with Crippen LogP contribution in [0.1, 0.15) is 48.5 Å². The molecule has 0 bridgehead atoms. The number of hydrogen-bond donors (Lipinski definition) is 1. The van der Waals surface area contributed by atoms with Gasteiger partial charge in [-0.15, -0.1) is 0 Å². The Hall–Kier alpha value is -2.35. The predicted octanol–water partition coefficient (Wildman–Crippen LogP) is 1.91. The Morgan fingerprint density at radius 3 is 2.73 bits per heavy atom. The van der Waals surface area contributed by atoms with Crippen LogP contribution in [-0.2, 0) is 25.5 Å². The molecular weight excluding hydrogens is 339 g/mol. The SMILES string of the molecule is CCC(=O)C[C@H]1Cc2cccc(C(=O)OCOC(=O)C3CC3)c2OB1O. The van der Waals surface area contributed by atoms with E-state index in [4.69, 9.17) is 14.1 Å². The summed E-state index contributed by atoms with van der Waals surface area (Å²) in [7, 11) is -1.17. The number of ether oxygens (including phenoxy) is 2. The van der Waals surface area contributed by atoms with Gasteiger partial charge in [-0.25, -0.2) is 4.79 Å². The molecule has 2 aliphatic rings. The van der Waals surface area contributed by atoms with Crippen molar-refractivity contribution in [2.75, 3.05) is 6.79 Å². The molecule has 1 aromatic carbocycles. The van der Waals surface area contributed by atoms with Crippen LogP contribution < -0.4 is 4.65 Å². The zero-order valence-corrected chi connectivity index (χ0v) is 14.6. The maximum Gasteiger partial charge on any atom is 0.526 e. The highest BCUT2D eigenvalue weighted by atomic mass is 16.7. The van der Waals surface area contributed by atoms with E-state index in [1.807, 2.05) is 0 Å². The fourth-order valence-corrected chi connectivity index (χ4v) is 2.91. The average Bonchev–Trinajstić information content (AvgIpc) is 3.46. The minimum atomic E-state index is -1.17. The molecule has 1 atom stereocenters. The van der Waals surface area contributed by atoms with Crippen molar-refractivity contribution in [3.05, 3.63) is 29.3 Å². The molecule has 138 valence electrons. The molecule has 1 saturated carbocycles. The molecule has 7 nitrogen and oxygen atoms in total. The van der Waals surface area contributed by atoms with Crippen LogP contribution in [0.15, 0.2) is 18.2 Å². The monoisotopic (exact) mass is 360 g/mol. The van der Waals surface area contributed by atoms with E-state index in [1.54, 1.807) is 19.1 Å². The van der Waals surface area contributed by atoms with E-state index in [1.165, 1.54) is 6.07 Å². The smallest absolute Gasteiger partial charge is 0.526 e. The number of benzene rings is 1. The van der Waals surface area contributed by atoms with E-state index < -0.39 is 19.9 Å². The van der Waals surface area contributed by atoms with Gasteiger partial charge in [0.1, 0.15) is 17.1 Å². The van der Waals surface area contributed by atoms with Gasteiger partial charge in [-0.2, -0.15) is 0 Å². The van der Waals surface area contributed by atoms with Crippen molar-refractivity contribution < 1.29 is 33.5 Å². The third-order valence-electron chi connectivity index (χ3n) is 4.63. The quantitative estimate of drug-likeness (QED) is 0.450. The van der Waals surface area contributed by atoms with E-state index in [0.717, 1.165) is 18.4 Å². The van der Waals surface area contributed by atoms with Crippen molar-refractivity contribution in [2.24, 2.45) is 5.92 Å². The molecule has 1 N–H and O–H groups in total. The molecular formula is C18H21BO7. The molecule has 0 unspecified atom stereocenters. The molecule has 0 aromatic heterocycles. The Labute approximate surface area is 151 Å². The van der Waals surface area contributed by atoms with Gasteiger partial charge < -0.3 is 19.2 Å². The normalized spacial score (nSPS) is 18.5. The van der Waals surface area contributed by atoms with E-state index in [0.29, 0.717) is 12.8 Å². The summed E-state index contributed by atoms with van der Waals surface area (Å²) in [5.41, 5.74) is 0.887. The second-order valence-electron chi connectivity index (χ2n) is 6.65. The van der Waals surface area contributed by atoms with Crippen molar-refractivity contribution in [1.82, 2.24) is 0 Å². The number of hydrogen-bond acceptors (Lipinski definition) is 7. The third kappa shape index (κ3) is 4.24. The number of Topliss-reactive ketones (excluding diaryl/α,β-unsaturated/α-hetero) is 1. The summed E-state index contributed by atoms with van der Waals surface area (Å²) in [5.74, 6) is -1.17. The van der Waals surface area contributed by atoms with Gasteiger partial charge >= 0.3 is 19.1 Å². The Morgan fingerprint density at radius 2 is 2.04 bits per heavy atom. The van der Waals surface area contributed by atoms with Gasteiger partial charge in [-0.3, -0.25) is 9.59 Å². The average molecular weight is 360 g/mol. The summed E-state index contributed by atoms with van der Waals surface area (Å²) >= 11 is 0. The number of ketones is 1. The van der Waals surface area contributed by atoms with Crippen molar-refractivity contribution in [1.29, 1.82) is 0 Å². The van der Waals surface area contributed by atoms with Gasteiger partial charge in [-0.1, -0.05) is 19.1 Å². The Morgan fingerprint density at radius 1 is 1.27 bits per heavy atom. The van der Waals surface area contributed by atoms with Crippen molar-refractivity contribution in [3.63, 3.8) is 0 Å². The second-order valence-corrected chi connectivity index (χ2v) is 6.65. The molecule has 3 rings (SSSR count). The topological polar surface area (TPSA) is 99.1 Å². The zero-order valence-electron chi connectivity index (χ0n) is 14.6. The lowest BCUT2D eigenvalue weighted by Crippen LogP contribution is -2.35. The lowest BCUT2D eigenvalue weighted by Gasteiger charge is -2.28. The highest BCUT2D eigenvalue weighted by Crippen LogP contribution is 2.36. The largest absolute Gasteiger partial charge is 0.535 e. The minimum Gasteiger partial charge on any atom is -0.535 e. The lowest BCUT2D eigenvalue weighted by molar-refractivity contribution is -0.153. The number of esters is 2. The van der Waals surface area contributed by atoms with Crippen molar-refractivity contribution in [3.8, 4) is 5.75 Å². The number of fused-ring (bicyclic) bond motifs is 1. The summed E-state index contributed by atoms with van der Waals surface area (Å²) in [4.78, 5) is 35.4. The first-order valence-electron chi connectivity index (χ1n) is 8.81. The number of rotatable bonds is 7. The van der Waals surface area contributed by atoms with Gasteiger partial charge in [0.05, 0.1) is 5.92 Å². The van der Waals surface area contributed by atoms with Crippen molar-refractivity contribution >= 4 is 24.8 Å². The fourth-order valence-electron chi connectivity index (χ4n) is 2.91. The van der Waals surface area contributed by atoms with Gasteiger partial charge in [0, 0.05) is 18.7 Å². The van der Waals surface area contributed by atoms with Gasteiger partial charge in [0.25, 0.3) is 0 Å². The maximum atomic E-state index is 12.3. The summed E-state index contributed by atoms with van der Waals surface area (Å²) in [6, 6.07) is 4.99. The minimum absolute atomic E-state index is 0.0501. The predicted molar refractivity (Wildman–Crippen MR) is 91.5 cm³/mol. The Kier molecular flexibility index (Phi) is 5.61. The molecule has 1 fully saturated rings. The maximum absolute atomic E-state index is 12.3. The molecule has 1 aliphatic carbocycles. The molecule has 8 heteroatoms. The van der Waals surface area contributed by atoms with E-state index in [2.05, 4.69) is 0 Å². The molecule has 0 spiro atoms. The molecule has 1 aliphatic heterocycles. The van der Waals surface area contributed by atoms with Crippen LogP contribution in [0, 0.1) is 5.92 Å². The number of para-hydroxylation sites is 1. The lowest BCUT2D eigenvalue weighted by atomic mass is 9.64. The highest BCUT2D eigenvalue weighted by molar-refractivity contribution is 6.47. The molecule has 0 amide bonds. The molecule has 0 saturated heterocycles. The summed E-state index contributed by atoms with van der Waals surface area (Å²) in [6.45, 7) is 1.32. The van der Waals surface area contributed by atoms with Gasteiger partial charge in [-0.05, 0) is 30.9 Å². The molecule has 26 heavy (non-hydrogen) atoms. The third-order valence-corrected chi connectivity index (χ3v) is 4.63. The van der Waals surface area contributed by atoms with Crippen molar-refractivity contribution in [2.45, 2.75) is 44.8 Å². The van der Waals surface area contributed by atoms with E-state index in [9.17, 15) is 19.4 Å². The first-order valence-corrected chi connectivity index (χ1v) is 8.81. The first kappa shape index (κ1) is 18.4. The van der Waals surface area contributed by atoms with Crippen LogP contribution >= 0.6 is 0 Å². The van der Waals surface area contributed by atoms with Crippen LogP contribution in [0.2, 0.25) is 5.82 Å². The van der Waals surface area contributed by atoms with Gasteiger partial charge in [0.2, 0.25) is 6.79 Å². The first-order chi connectivity index (χ1) is 12.5. The standard InChI is InChI=1S/C18H21BO7/c1-2-14(20)9-13-8-12-4-3-5-15(16(12)26-19(13)23)18(22)25-10-24-17(21)11-6-7-11/h3-5,11,13,23H,2,6-10H2,1H3/t13-/m1/s1. The fraction of sp³-hybridized carbons (Fsp3) is 0.500. The Bertz CT molecular complexity index is 713. The van der Waals surface area contributed by atoms with E-state index in [-0.39, 0.29) is 41.2 Å². The summed E-state index contributed by atoms with van der Waals surface area (Å²) in [6.07, 6.45) is 2.68. The second kappa shape index (κ2) is 7.91. The van der Waals surface area contributed by atoms with E-state index >= 15 is 0 Å². The van der Waals surface area contributed by atoms with Crippen LogP contribution in [-0.4, -0.2) is 36.7 Å². The zero-order chi connectivity index (χ0) is 18.7. The molecule has 1 aromatic rings. The summed E-state index contributed by atoms with van der Waals surface area (Å²) < 4.78 is 15.4.